The van der Waals surface area contributed by atoms with Crippen molar-refractivity contribution < 1.29 is 19.0 Å². The Labute approximate surface area is 229 Å². The van der Waals surface area contributed by atoms with Gasteiger partial charge in [0.2, 0.25) is 0 Å². The molecule has 2 saturated heterocycles. The maximum absolute atomic E-state index is 13.7. The second-order valence-corrected chi connectivity index (χ2v) is 11.2. The molecule has 3 aliphatic heterocycles. The van der Waals surface area contributed by atoms with Gasteiger partial charge in [-0.1, -0.05) is 12.1 Å². The normalized spacial score (nSPS) is 21.3. The van der Waals surface area contributed by atoms with E-state index in [1.807, 2.05) is 23.1 Å². The smallest absolute Gasteiger partial charge is 0.257 e. The lowest BCUT2D eigenvalue weighted by atomic mass is 9.96. The minimum atomic E-state index is 0.0190. The fourth-order valence-electron chi connectivity index (χ4n) is 6.59. The summed E-state index contributed by atoms with van der Waals surface area (Å²) >= 11 is 0. The highest BCUT2D eigenvalue weighted by atomic mass is 16.6. The lowest BCUT2D eigenvalue weighted by Gasteiger charge is -2.40. The number of likely N-dealkylation sites (tertiary alicyclic amines) is 1. The Morgan fingerprint density at radius 1 is 1.00 bits per heavy atom. The molecule has 1 saturated carbocycles. The van der Waals surface area contributed by atoms with Gasteiger partial charge in [-0.2, -0.15) is 5.26 Å². The van der Waals surface area contributed by atoms with Crippen LogP contribution in [0.25, 0.3) is 5.57 Å². The highest BCUT2D eigenvalue weighted by Crippen LogP contribution is 2.46. The van der Waals surface area contributed by atoms with E-state index in [4.69, 9.17) is 19.2 Å². The van der Waals surface area contributed by atoms with Crippen LogP contribution in [0.5, 0.6) is 11.5 Å². The Balaban J connectivity index is 1.12. The molecule has 1 aromatic heterocycles. The summed E-state index contributed by atoms with van der Waals surface area (Å²) in [4.78, 5) is 23.1. The summed E-state index contributed by atoms with van der Waals surface area (Å²) in [5.41, 5.74) is 6.63. The third-order valence-corrected chi connectivity index (χ3v) is 8.77. The van der Waals surface area contributed by atoms with Gasteiger partial charge >= 0.3 is 0 Å². The molecule has 39 heavy (non-hydrogen) atoms. The molecule has 0 N–H and O–H groups in total. The maximum atomic E-state index is 13.7. The molecular formula is C31H34N4O4. The molecule has 1 aromatic carbocycles. The zero-order valence-corrected chi connectivity index (χ0v) is 22.3. The van der Waals surface area contributed by atoms with Crippen LogP contribution in [0, 0.1) is 11.3 Å². The van der Waals surface area contributed by atoms with E-state index in [0.717, 1.165) is 80.3 Å². The summed E-state index contributed by atoms with van der Waals surface area (Å²) in [6, 6.07) is 8.97. The van der Waals surface area contributed by atoms with Crippen molar-refractivity contribution in [2.24, 2.45) is 0 Å². The van der Waals surface area contributed by atoms with Crippen LogP contribution < -0.4 is 9.47 Å². The van der Waals surface area contributed by atoms with Crippen molar-refractivity contribution in [3.8, 4) is 17.6 Å². The van der Waals surface area contributed by atoms with Crippen molar-refractivity contribution in [1.29, 1.82) is 5.26 Å². The molecule has 0 spiro atoms. The summed E-state index contributed by atoms with van der Waals surface area (Å²) in [7, 11) is 0. The average molecular weight is 527 g/mol. The standard InChI is InChI=1S/C31H34N4O4/c32-19-22-4-6-27-28(22)26(20-1-2-20)18-23(33-27)17-21-3-5-25(30-29(21)38-15-16-39-30)31(36)35-9-7-24(8-10-35)34-11-13-37-14-12-34/h3-5,18,20,24H,1-2,6-17H2. The number of pyridine rings is 1. The van der Waals surface area contributed by atoms with Gasteiger partial charge in [0, 0.05) is 61.9 Å². The van der Waals surface area contributed by atoms with Crippen molar-refractivity contribution in [2.45, 2.75) is 50.5 Å². The van der Waals surface area contributed by atoms with Crippen LogP contribution in [-0.4, -0.2) is 79.3 Å². The first-order valence-corrected chi connectivity index (χ1v) is 14.4. The molecule has 1 amide bonds. The number of hydrogen-bond acceptors (Lipinski definition) is 7. The predicted molar refractivity (Wildman–Crippen MR) is 145 cm³/mol. The topological polar surface area (TPSA) is 87.9 Å². The number of piperidine rings is 1. The van der Waals surface area contributed by atoms with Crippen LogP contribution in [0.2, 0.25) is 0 Å². The number of rotatable bonds is 5. The molecule has 8 nitrogen and oxygen atoms in total. The van der Waals surface area contributed by atoms with E-state index in [1.165, 1.54) is 18.4 Å². The molecule has 8 heteroatoms. The Bertz CT molecular complexity index is 1360. The number of allylic oxidation sites excluding steroid dienone is 2. The first-order valence-electron chi connectivity index (χ1n) is 14.4. The summed E-state index contributed by atoms with van der Waals surface area (Å²) in [5, 5.41) is 9.60. The number of fused-ring (bicyclic) bond motifs is 2. The quantitative estimate of drug-likeness (QED) is 0.587. The molecule has 5 aliphatic rings. The zero-order valence-electron chi connectivity index (χ0n) is 22.3. The number of amides is 1. The fourth-order valence-corrected chi connectivity index (χ4v) is 6.59. The van der Waals surface area contributed by atoms with Gasteiger partial charge in [0.05, 0.1) is 36.1 Å². The molecule has 0 radical (unpaired) electrons. The van der Waals surface area contributed by atoms with Gasteiger partial charge in [-0.15, -0.1) is 0 Å². The van der Waals surface area contributed by atoms with Gasteiger partial charge in [0.15, 0.2) is 11.5 Å². The number of nitriles is 1. The Morgan fingerprint density at radius 3 is 2.51 bits per heavy atom. The van der Waals surface area contributed by atoms with Crippen molar-refractivity contribution in [3.63, 3.8) is 0 Å². The lowest BCUT2D eigenvalue weighted by molar-refractivity contribution is 0.00152. The summed E-state index contributed by atoms with van der Waals surface area (Å²) < 4.78 is 17.7. The molecule has 7 rings (SSSR count). The van der Waals surface area contributed by atoms with Gasteiger partial charge in [-0.3, -0.25) is 14.7 Å². The number of carbonyl (C=O) groups excluding carboxylic acids is 1. The van der Waals surface area contributed by atoms with Crippen molar-refractivity contribution in [2.75, 3.05) is 52.6 Å². The average Bonchev–Trinajstić information content (AvgIpc) is 3.76. The summed E-state index contributed by atoms with van der Waals surface area (Å²) in [5.74, 6) is 1.78. The monoisotopic (exact) mass is 526 g/mol. The molecular weight excluding hydrogens is 492 g/mol. The van der Waals surface area contributed by atoms with Gasteiger partial charge in [0.25, 0.3) is 5.91 Å². The number of benzene rings is 1. The molecule has 3 fully saturated rings. The molecule has 4 heterocycles. The van der Waals surface area contributed by atoms with Gasteiger partial charge in [-0.25, -0.2) is 0 Å². The second-order valence-electron chi connectivity index (χ2n) is 11.2. The summed E-state index contributed by atoms with van der Waals surface area (Å²) in [6.45, 7) is 5.96. The molecule has 202 valence electrons. The fraction of sp³-hybridized carbons (Fsp3) is 0.516. The van der Waals surface area contributed by atoms with Crippen LogP contribution in [0.1, 0.15) is 70.0 Å². The van der Waals surface area contributed by atoms with Gasteiger partial charge in [-0.05, 0) is 49.3 Å². The number of aromatic nitrogens is 1. The van der Waals surface area contributed by atoms with E-state index in [9.17, 15) is 10.1 Å². The van der Waals surface area contributed by atoms with E-state index in [1.54, 1.807) is 0 Å². The lowest BCUT2D eigenvalue weighted by Crippen LogP contribution is -2.50. The zero-order chi connectivity index (χ0) is 26.3. The number of hydrogen-bond donors (Lipinski definition) is 0. The van der Waals surface area contributed by atoms with Gasteiger partial charge in [0.1, 0.15) is 13.2 Å². The number of carbonyl (C=O) groups is 1. The van der Waals surface area contributed by atoms with Crippen molar-refractivity contribution in [3.05, 3.63) is 57.9 Å². The molecule has 2 aliphatic carbocycles. The van der Waals surface area contributed by atoms with Crippen LogP contribution in [0.3, 0.4) is 0 Å². The Morgan fingerprint density at radius 2 is 1.77 bits per heavy atom. The molecule has 0 atom stereocenters. The van der Waals surface area contributed by atoms with Crippen molar-refractivity contribution >= 4 is 11.5 Å². The molecule has 2 aromatic rings. The highest BCUT2D eigenvalue weighted by molar-refractivity contribution is 5.98. The first kappa shape index (κ1) is 24.6. The van der Waals surface area contributed by atoms with Crippen LogP contribution in [0.15, 0.2) is 24.3 Å². The molecule has 0 unspecified atom stereocenters. The number of morpholine rings is 1. The number of ether oxygens (including phenoxy) is 3. The minimum absolute atomic E-state index is 0.0190. The third kappa shape index (κ3) is 4.68. The maximum Gasteiger partial charge on any atom is 0.257 e. The van der Waals surface area contributed by atoms with E-state index < -0.39 is 0 Å². The first-order chi connectivity index (χ1) is 19.2. The van der Waals surface area contributed by atoms with Crippen molar-refractivity contribution in [1.82, 2.24) is 14.8 Å². The third-order valence-electron chi connectivity index (χ3n) is 8.77. The number of nitrogens with zero attached hydrogens (tertiary/aromatic N) is 4. The van der Waals surface area contributed by atoms with Crippen LogP contribution in [0.4, 0.5) is 0 Å². The predicted octanol–water partition coefficient (Wildman–Crippen LogP) is 3.72. The van der Waals surface area contributed by atoms with E-state index in [2.05, 4.69) is 17.0 Å². The second kappa shape index (κ2) is 10.3. The van der Waals surface area contributed by atoms with Crippen LogP contribution in [-0.2, 0) is 17.6 Å². The Hall–Kier alpha value is -3.41. The van der Waals surface area contributed by atoms with E-state index in [-0.39, 0.29) is 5.91 Å². The van der Waals surface area contributed by atoms with Gasteiger partial charge < -0.3 is 19.1 Å². The molecule has 0 bridgehead atoms. The SMILES string of the molecule is N#CC1=CCc2nc(Cc3ccc(C(=O)N4CCC(N5CCOCC5)CC4)c4c3OCCO4)cc(C3CC3)c21. The highest BCUT2D eigenvalue weighted by Gasteiger charge is 2.33. The van der Waals surface area contributed by atoms with E-state index in [0.29, 0.717) is 55.1 Å². The largest absolute Gasteiger partial charge is 0.486 e. The van der Waals surface area contributed by atoms with Crippen LogP contribution >= 0.6 is 0 Å². The van der Waals surface area contributed by atoms with E-state index >= 15 is 0 Å². The summed E-state index contributed by atoms with van der Waals surface area (Å²) in [6.07, 6.45) is 7.61. The minimum Gasteiger partial charge on any atom is -0.486 e. The Kier molecular flexibility index (Phi) is 6.49.